The van der Waals surface area contributed by atoms with Crippen LogP contribution in [0.4, 0.5) is 5.69 Å². The molecule has 2 aromatic rings. The van der Waals surface area contributed by atoms with E-state index in [0.29, 0.717) is 5.25 Å². The Balaban J connectivity index is 2.16. The lowest BCUT2D eigenvalue weighted by Gasteiger charge is -2.10. The molecule has 0 spiro atoms. The summed E-state index contributed by atoms with van der Waals surface area (Å²) in [7, 11) is 0. The van der Waals surface area contributed by atoms with Crippen molar-refractivity contribution in [3.63, 3.8) is 0 Å². The summed E-state index contributed by atoms with van der Waals surface area (Å²) in [4.78, 5) is 4.90. The molecule has 3 heteroatoms. The lowest BCUT2D eigenvalue weighted by Crippen LogP contribution is -1.95. The maximum atomic E-state index is 4.90. The van der Waals surface area contributed by atoms with E-state index in [9.17, 15) is 0 Å². The molecule has 0 N–H and O–H groups in total. The van der Waals surface area contributed by atoms with Gasteiger partial charge in [0, 0.05) is 11.0 Å². The van der Waals surface area contributed by atoms with Crippen LogP contribution in [-0.4, -0.2) is 9.63 Å². The molecule has 0 aliphatic heterocycles. The molecule has 0 saturated carbocycles. The van der Waals surface area contributed by atoms with Crippen molar-refractivity contribution < 1.29 is 0 Å². The van der Waals surface area contributed by atoms with Crippen LogP contribution in [0.1, 0.15) is 30.5 Å². The molecule has 0 aromatic heterocycles. The standard InChI is InChI=1S/C19H23NS2/c1-14(2)22-19(21-13-17-8-6-5-7-9-17)20-18-11-10-15(3)12-16(18)4/h5-12,14H,13H2,1-4H3. The Labute approximate surface area is 142 Å². The second-order valence-corrected chi connectivity index (χ2v) is 8.40. The highest BCUT2D eigenvalue weighted by molar-refractivity contribution is 8.38. The van der Waals surface area contributed by atoms with Crippen molar-refractivity contribution in [2.75, 3.05) is 0 Å². The lowest BCUT2D eigenvalue weighted by molar-refractivity contribution is 1.12. The van der Waals surface area contributed by atoms with Crippen LogP contribution >= 0.6 is 23.5 Å². The van der Waals surface area contributed by atoms with E-state index in [1.807, 2.05) is 23.5 Å². The monoisotopic (exact) mass is 329 g/mol. The molecule has 0 bridgehead atoms. The summed E-state index contributed by atoms with van der Waals surface area (Å²) in [6.07, 6.45) is 0. The Bertz CT molecular complexity index is 633. The molecule has 0 unspecified atom stereocenters. The van der Waals surface area contributed by atoms with Gasteiger partial charge in [-0.05, 0) is 31.0 Å². The maximum absolute atomic E-state index is 4.90. The second-order valence-electron chi connectivity index (χ2n) is 5.61. The topological polar surface area (TPSA) is 12.4 Å². The Morgan fingerprint density at radius 3 is 2.41 bits per heavy atom. The fraction of sp³-hybridized carbons (Fsp3) is 0.316. The minimum absolute atomic E-state index is 0.535. The van der Waals surface area contributed by atoms with Crippen molar-refractivity contribution in [1.82, 2.24) is 0 Å². The fourth-order valence-corrected chi connectivity index (χ4v) is 4.27. The fourth-order valence-electron chi connectivity index (χ4n) is 2.04. The van der Waals surface area contributed by atoms with Crippen LogP contribution in [0.5, 0.6) is 0 Å². The van der Waals surface area contributed by atoms with Crippen molar-refractivity contribution in [3.8, 4) is 0 Å². The third kappa shape index (κ3) is 5.54. The van der Waals surface area contributed by atoms with E-state index in [2.05, 4.69) is 76.2 Å². The molecule has 0 aliphatic carbocycles. The molecule has 1 nitrogen and oxygen atoms in total. The molecule has 2 aromatic carbocycles. The van der Waals surface area contributed by atoms with Crippen LogP contribution in [0.25, 0.3) is 0 Å². The molecule has 0 aliphatic rings. The minimum Gasteiger partial charge on any atom is -0.235 e. The Kier molecular flexibility index (Phi) is 6.59. The van der Waals surface area contributed by atoms with Gasteiger partial charge in [-0.2, -0.15) is 0 Å². The van der Waals surface area contributed by atoms with Gasteiger partial charge in [-0.15, -0.1) is 0 Å². The number of aryl methyl sites for hydroxylation is 2. The van der Waals surface area contributed by atoms with Gasteiger partial charge in [0.25, 0.3) is 0 Å². The number of rotatable bonds is 4. The Morgan fingerprint density at radius 1 is 1.05 bits per heavy atom. The van der Waals surface area contributed by atoms with E-state index in [1.165, 1.54) is 16.7 Å². The van der Waals surface area contributed by atoms with Crippen LogP contribution in [0, 0.1) is 13.8 Å². The summed E-state index contributed by atoms with van der Waals surface area (Å²) < 4.78 is 1.14. The van der Waals surface area contributed by atoms with E-state index >= 15 is 0 Å². The van der Waals surface area contributed by atoms with Gasteiger partial charge in [0.1, 0.15) is 4.38 Å². The molecule has 0 fully saturated rings. The molecule has 0 atom stereocenters. The number of nitrogens with zero attached hydrogens (tertiary/aromatic N) is 1. The van der Waals surface area contributed by atoms with Gasteiger partial charge < -0.3 is 0 Å². The molecule has 0 saturated heterocycles. The molecular weight excluding hydrogens is 306 g/mol. The molecule has 0 radical (unpaired) electrons. The first-order valence-corrected chi connectivity index (χ1v) is 9.40. The average molecular weight is 330 g/mol. The van der Waals surface area contributed by atoms with Gasteiger partial charge in [-0.3, -0.25) is 0 Å². The van der Waals surface area contributed by atoms with Gasteiger partial charge in [0.15, 0.2) is 0 Å². The van der Waals surface area contributed by atoms with Crippen LogP contribution < -0.4 is 0 Å². The van der Waals surface area contributed by atoms with Crippen LogP contribution in [-0.2, 0) is 5.75 Å². The van der Waals surface area contributed by atoms with Crippen LogP contribution in [0.15, 0.2) is 53.5 Å². The highest BCUT2D eigenvalue weighted by Gasteiger charge is 2.07. The van der Waals surface area contributed by atoms with E-state index in [0.717, 1.165) is 15.8 Å². The van der Waals surface area contributed by atoms with E-state index < -0.39 is 0 Å². The highest BCUT2D eigenvalue weighted by Crippen LogP contribution is 2.29. The molecule has 116 valence electrons. The summed E-state index contributed by atoms with van der Waals surface area (Å²) in [6, 6.07) is 17.0. The lowest BCUT2D eigenvalue weighted by atomic mass is 10.1. The van der Waals surface area contributed by atoms with Gasteiger partial charge in [-0.25, -0.2) is 4.99 Å². The predicted molar refractivity (Wildman–Crippen MR) is 103 cm³/mol. The quantitative estimate of drug-likeness (QED) is 0.477. The zero-order chi connectivity index (χ0) is 15.9. The summed E-state index contributed by atoms with van der Waals surface area (Å²) in [5.74, 6) is 0.963. The normalized spacial score (nSPS) is 12.0. The SMILES string of the molecule is Cc1ccc(N=C(SCc2ccccc2)SC(C)C)c(C)c1. The van der Waals surface area contributed by atoms with Gasteiger partial charge in [0.2, 0.25) is 0 Å². The number of aliphatic imine (C=N–C) groups is 1. The van der Waals surface area contributed by atoms with Gasteiger partial charge in [-0.1, -0.05) is 85.4 Å². The predicted octanol–water partition coefficient (Wildman–Crippen LogP) is 6.37. The third-order valence-corrected chi connectivity index (χ3v) is 5.33. The van der Waals surface area contributed by atoms with Crippen LogP contribution in [0.2, 0.25) is 0 Å². The zero-order valence-corrected chi connectivity index (χ0v) is 15.3. The zero-order valence-electron chi connectivity index (χ0n) is 13.7. The van der Waals surface area contributed by atoms with Crippen molar-refractivity contribution >= 4 is 33.6 Å². The van der Waals surface area contributed by atoms with E-state index in [1.54, 1.807) is 0 Å². The molecule has 0 amide bonds. The summed E-state index contributed by atoms with van der Waals surface area (Å²) in [5.41, 5.74) is 4.94. The number of thioether (sulfide) groups is 2. The first kappa shape index (κ1) is 17.2. The highest BCUT2D eigenvalue weighted by atomic mass is 32.2. The molecule has 0 heterocycles. The molecule has 22 heavy (non-hydrogen) atoms. The molecule has 2 rings (SSSR count). The van der Waals surface area contributed by atoms with Crippen molar-refractivity contribution in [1.29, 1.82) is 0 Å². The Morgan fingerprint density at radius 2 is 1.77 bits per heavy atom. The van der Waals surface area contributed by atoms with Crippen molar-refractivity contribution in [2.24, 2.45) is 4.99 Å². The van der Waals surface area contributed by atoms with Crippen molar-refractivity contribution in [2.45, 2.75) is 38.7 Å². The minimum atomic E-state index is 0.535. The maximum Gasteiger partial charge on any atom is 0.131 e. The number of benzene rings is 2. The number of hydrogen-bond donors (Lipinski definition) is 0. The van der Waals surface area contributed by atoms with Crippen LogP contribution in [0.3, 0.4) is 0 Å². The summed E-state index contributed by atoms with van der Waals surface area (Å²) in [5, 5.41) is 0.535. The van der Waals surface area contributed by atoms with Gasteiger partial charge >= 0.3 is 0 Å². The van der Waals surface area contributed by atoms with Gasteiger partial charge in [0.05, 0.1) is 5.69 Å². The second kappa shape index (κ2) is 8.44. The summed E-state index contributed by atoms with van der Waals surface area (Å²) >= 11 is 3.66. The summed E-state index contributed by atoms with van der Waals surface area (Å²) in [6.45, 7) is 8.68. The van der Waals surface area contributed by atoms with E-state index in [-0.39, 0.29) is 0 Å². The average Bonchev–Trinajstić information content (AvgIpc) is 2.48. The first-order chi connectivity index (χ1) is 10.5. The largest absolute Gasteiger partial charge is 0.235 e. The van der Waals surface area contributed by atoms with Crippen molar-refractivity contribution in [3.05, 3.63) is 65.2 Å². The first-order valence-electron chi connectivity index (χ1n) is 7.54. The Hall–Kier alpha value is -1.19. The molecular formula is C19H23NS2. The van der Waals surface area contributed by atoms with E-state index in [4.69, 9.17) is 4.99 Å². The smallest absolute Gasteiger partial charge is 0.131 e. The third-order valence-electron chi connectivity index (χ3n) is 3.11. The number of hydrogen-bond acceptors (Lipinski definition) is 3.